The van der Waals surface area contributed by atoms with Crippen LogP contribution in [0.25, 0.3) is 0 Å². The molecule has 1 unspecified atom stereocenters. The van der Waals surface area contributed by atoms with E-state index in [1.165, 1.54) is 0 Å². The second kappa shape index (κ2) is 5.29. The molecule has 0 saturated carbocycles. The molecule has 0 bridgehead atoms. The molecule has 3 N–H and O–H groups in total. The Balaban J connectivity index is 2.30. The monoisotopic (exact) mass is 194 g/mol. The van der Waals surface area contributed by atoms with Crippen LogP contribution in [0.5, 0.6) is 0 Å². The van der Waals surface area contributed by atoms with Gasteiger partial charge in [0.25, 0.3) is 0 Å². The van der Waals surface area contributed by atoms with E-state index in [-0.39, 0.29) is 11.9 Å². The predicted octanol–water partition coefficient (Wildman–Crippen LogP) is -0.170. The van der Waals surface area contributed by atoms with Gasteiger partial charge in [0.15, 0.2) is 0 Å². The number of aromatic nitrogens is 2. The number of hydrogen-bond acceptors (Lipinski definition) is 4. The van der Waals surface area contributed by atoms with Crippen LogP contribution in [0.15, 0.2) is 18.6 Å². The van der Waals surface area contributed by atoms with Crippen molar-refractivity contribution in [3.63, 3.8) is 0 Å². The number of primary amides is 1. The normalized spacial score (nSPS) is 12.4. The Morgan fingerprint density at radius 2 is 2.43 bits per heavy atom. The Bertz CT molecular complexity index is 288. The number of carbonyl (C=O) groups is 1. The molecule has 1 aromatic rings. The summed E-state index contributed by atoms with van der Waals surface area (Å²) in [4.78, 5) is 18.6. The summed E-state index contributed by atoms with van der Waals surface area (Å²) in [7, 11) is 0. The minimum absolute atomic E-state index is 0.0644. The molecule has 14 heavy (non-hydrogen) atoms. The van der Waals surface area contributed by atoms with Crippen molar-refractivity contribution < 1.29 is 4.79 Å². The second-order valence-corrected chi connectivity index (χ2v) is 3.15. The quantitative estimate of drug-likeness (QED) is 0.682. The summed E-state index contributed by atoms with van der Waals surface area (Å²) < 4.78 is 0. The van der Waals surface area contributed by atoms with Gasteiger partial charge < -0.3 is 11.1 Å². The van der Waals surface area contributed by atoms with Crippen molar-refractivity contribution >= 4 is 5.91 Å². The van der Waals surface area contributed by atoms with E-state index >= 15 is 0 Å². The highest BCUT2D eigenvalue weighted by Crippen LogP contribution is 1.93. The zero-order valence-electron chi connectivity index (χ0n) is 8.10. The van der Waals surface area contributed by atoms with E-state index in [2.05, 4.69) is 15.3 Å². The van der Waals surface area contributed by atoms with E-state index in [1.54, 1.807) is 18.6 Å². The van der Waals surface area contributed by atoms with Crippen LogP contribution in [-0.2, 0) is 11.3 Å². The molecule has 76 valence electrons. The van der Waals surface area contributed by atoms with Crippen molar-refractivity contribution in [3.8, 4) is 0 Å². The first kappa shape index (κ1) is 10.6. The molecule has 0 aliphatic carbocycles. The summed E-state index contributed by atoms with van der Waals surface area (Å²) in [5.41, 5.74) is 5.91. The van der Waals surface area contributed by atoms with Gasteiger partial charge >= 0.3 is 0 Å². The second-order valence-electron chi connectivity index (χ2n) is 3.15. The van der Waals surface area contributed by atoms with Crippen LogP contribution in [0.2, 0.25) is 0 Å². The number of nitrogens with one attached hydrogen (secondary N) is 1. The van der Waals surface area contributed by atoms with Crippen molar-refractivity contribution in [2.45, 2.75) is 25.9 Å². The zero-order valence-corrected chi connectivity index (χ0v) is 8.10. The number of amides is 1. The maximum Gasteiger partial charge on any atom is 0.218 e. The van der Waals surface area contributed by atoms with E-state index in [9.17, 15) is 4.79 Å². The lowest BCUT2D eigenvalue weighted by atomic mass is 10.2. The zero-order chi connectivity index (χ0) is 10.4. The van der Waals surface area contributed by atoms with E-state index in [1.807, 2.05) is 6.92 Å². The molecule has 0 aliphatic rings. The minimum atomic E-state index is -0.302. The van der Waals surface area contributed by atoms with E-state index in [0.29, 0.717) is 13.0 Å². The van der Waals surface area contributed by atoms with Gasteiger partial charge in [-0.15, -0.1) is 0 Å². The third-order valence-corrected chi connectivity index (χ3v) is 1.76. The maximum atomic E-state index is 10.6. The van der Waals surface area contributed by atoms with Gasteiger partial charge in [-0.25, -0.2) is 0 Å². The molecule has 0 aliphatic heterocycles. The first-order chi connectivity index (χ1) is 6.68. The number of nitrogens with two attached hydrogens (primary N) is 1. The van der Waals surface area contributed by atoms with Crippen molar-refractivity contribution in [1.82, 2.24) is 15.3 Å². The molecule has 0 spiro atoms. The average molecular weight is 194 g/mol. The number of carbonyl (C=O) groups excluding carboxylic acids is 1. The third kappa shape index (κ3) is 3.95. The standard InChI is InChI=1S/C9H14N4O/c1-7(4-9(10)14)13-6-8-5-11-2-3-12-8/h2-3,5,7,13H,4,6H2,1H3,(H2,10,14). The maximum absolute atomic E-state index is 10.6. The summed E-state index contributed by atoms with van der Waals surface area (Å²) in [6.45, 7) is 2.50. The summed E-state index contributed by atoms with van der Waals surface area (Å²) in [6.07, 6.45) is 5.27. The molecular formula is C9H14N4O. The molecule has 0 saturated heterocycles. The third-order valence-electron chi connectivity index (χ3n) is 1.76. The molecule has 1 amide bonds. The number of nitrogens with zero attached hydrogens (tertiary/aromatic N) is 2. The van der Waals surface area contributed by atoms with Crippen LogP contribution in [0.4, 0.5) is 0 Å². The highest BCUT2D eigenvalue weighted by atomic mass is 16.1. The highest BCUT2D eigenvalue weighted by Gasteiger charge is 2.04. The fraction of sp³-hybridized carbons (Fsp3) is 0.444. The predicted molar refractivity (Wildman–Crippen MR) is 52.1 cm³/mol. The Hall–Kier alpha value is -1.49. The molecule has 0 aromatic carbocycles. The molecular weight excluding hydrogens is 180 g/mol. The highest BCUT2D eigenvalue weighted by molar-refractivity contribution is 5.74. The summed E-state index contributed by atoms with van der Waals surface area (Å²) in [5, 5.41) is 3.13. The van der Waals surface area contributed by atoms with Crippen LogP contribution in [0, 0.1) is 0 Å². The van der Waals surface area contributed by atoms with Gasteiger partial charge in [-0.05, 0) is 6.92 Å². The van der Waals surface area contributed by atoms with Crippen LogP contribution in [-0.4, -0.2) is 21.9 Å². The molecule has 0 radical (unpaired) electrons. The van der Waals surface area contributed by atoms with Crippen LogP contribution < -0.4 is 11.1 Å². The topological polar surface area (TPSA) is 80.9 Å². The molecule has 1 rings (SSSR count). The Morgan fingerprint density at radius 3 is 3.00 bits per heavy atom. The summed E-state index contributed by atoms with van der Waals surface area (Å²) >= 11 is 0. The van der Waals surface area contributed by atoms with Crippen LogP contribution >= 0.6 is 0 Å². The largest absolute Gasteiger partial charge is 0.370 e. The van der Waals surface area contributed by atoms with E-state index in [4.69, 9.17) is 5.73 Å². The molecule has 1 atom stereocenters. The molecule has 1 aromatic heterocycles. The van der Waals surface area contributed by atoms with Gasteiger partial charge in [0.1, 0.15) is 0 Å². The number of rotatable bonds is 5. The van der Waals surface area contributed by atoms with Crippen molar-refractivity contribution in [2.24, 2.45) is 5.73 Å². The summed E-state index contributed by atoms with van der Waals surface area (Å²) in [5.74, 6) is -0.302. The Labute approximate surface area is 82.7 Å². The van der Waals surface area contributed by atoms with Gasteiger partial charge in [-0.1, -0.05) is 0 Å². The number of hydrogen-bond donors (Lipinski definition) is 2. The lowest BCUT2D eigenvalue weighted by Gasteiger charge is -2.10. The first-order valence-electron chi connectivity index (χ1n) is 4.45. The van der Waals surface area contributed by atoms with Crippen molar-refractivity contribution in [1.29, 1.82) is 0 Å². The fourth-order valence-corrected chi connectivity index (χ4v) is 1.07. The van der Waals surface area contributed by atoms with Gasteiger partial charge in [0, 0.05) is 37.6 Å². The van der Waals surface area contributed by atoms with E-state index in [0.717, 1.165) is 5.69 Å². The Morgan fingerprint density at radius 1 is 1.64 bits per heavy atom. The molecule has 5 heteroatoms. The minimum Gasteiger partial charge on any atom is -0.370 e. The first-order valence-corrected chi connectivity index (χ1v) is 4.45. The van der Waals surface area contributed by atoms with E-state index < -0.39 is 0 Å². The van der Waals surface area contributed by atoms with Gasteiger partial charge in [0.2, 0.25) is 5.91 Å². The lowest BCUT2D eigenvalue weighted by molar-refractivity contribution is -0.118. The fourth-order valence-electron chi connectivity index (χ4n) is 1.07. The van der Waals surface area contributed by atoms with Gasteiger partial charge in [-0.2, -0.15) is 0 Å². The summed E-state index contributed by atoms with van der Waals surface area (Å²) in [6, 6.07) is 0.0644. The van der Waals surface area contributed by atoms with Crippen molar-refractivity contribution in [2.75, 3.05) is 0 Å². The molecule has 5 nitrogen and oxygen atoms in total. The molecule has 1 heterocycles. The molecule has 0 fully saturated rings. The SMILES string of the molecule is CC(CC(N)=O)NCc1cnccn1. The van der Waals surface area contributed by atoms with Crippen molar-refractivity contribution in [3.05, 3.63) is 24.3 Å². The van der Waals surface area contributed by atoms with Crippen LogP contribution in [0.3, 0.4) is 0 Å². The lowest BCUT2D eigenvalue weighted by Crippen LogP contribution is -2.30. The van der Waals surface area contributed by atoms with Gasteiger partial charge in [0.05, 0.1) is 5.69 Å². The van der Waals surface area contributed by atoms with Crippen LogP contribution in [0.1, 0.15) is 19.0 Å². The van der Waals surface area contributed by atoms with Gasteiger partial charge in [-0.3, -0.25) is 14.8 Å². The Kier molecular flexibility index (Phi) is 4.00. The average Bonchev–Trinajstić information content (AvgIpc) is 2.15. The smallest absolute Gasteiger partial charge is 0.218 e.